The van der Waals surface area contributed by atoms with Crippen molar-refractivity contribution in [2.24, 2.45) is 0 Å². The van der Waals surface area contributed by atoms with Crippen molar-refractivity contribution >= 4 is 44.2 Å². The number of anilines is 1. The van der Waals surface area contributed by atoms with Crippen LogP contribution in [0, 0.1) is 13.8 Å². The van der Waals surface area contributed by atoms with E-state index in [1.807, 2.05) is 29.2 Å². The van der Waals surface area contributed by atoms with Crippen LogP contribution in [0.5, 0.6) is 0 Å². The van der Waals surface area contributed by atoms with Gasteiger partial charge in [-0.1, -0.05) is 53.3 Å². The van der Waals surface area contributed by atoms with Gasteiger partial charge in [0.15, 0.2) is 5.13 Å². The van der Waals surface area contributed by atoms with Gasteiger partial charge in [0.2, 0.25) is 5.91 Å². The Morgan fingerprint density at radius 3 is 2.48 bits per heavy atom. The zero-order valence-electron chi connectivity index (χ0n) is 15.5. The van der Waals surface area contributed by atoms with Gasteiger partial charge in [0.05, 0.1) is 16.6 Å². The fourth-order valence-corrected chi connectivity index (χ4v) is 4.81. The number of nitrogens with zero attached hydrogens (tertiary/aromatic N) is 3. The molecule has 6 heteroatoms. The van der Waals surface area contributed by atoms with Crippen LogP contribution >= 0.6 is 22.9 Å². The number of carbonyl (C=O) groups excluding carboxylic acids is 1. The Labute approximate surface area is 168 Å². The third kappa shape index (κ3) is 3.66. The van der Waals surface area contributed by atoms with Gasteiger partial charge in [-0.05, 0) is 36.6 Å². The van der Waals surface area contributed by atoms with Crippen LogP contribution in [0.2, 0.25) is 5.02 Å². The first-order valence-electron chi connectivity index (χ1n) is 9.16. The second-order valence-corrected chi connectivity index (χ2v) is 8.39. The van der Waals surface area contributed by atoms with Crippen LogP contribution in [0.4, 0.5) is 5.13 Å². The molecule has 0 unspecified atom stereocenters. The highest BCUT2D eigenvalue weighted by molar-refractivity contribution is 7.22. The molecule has 1 saturated heterocycles. The number of amides is 1. The van der Waals surface area contributed by atoms with E-state index >= 15 is 0 Å². The topological polar surface area (TPSA) is 36.4 Å². The van der Waals surface area contributed by atoms with E-state index in [0.717, 1.165) is 42.4 Å². The number of halogens is 1. The van der Waals surface area contributed by atoms with Gasteiger partial charge in [-0.25, -0.2) is 4.98 Å². The number of thiazole rings is 1. The molecule has 2 heterocycles. The molecular formula is C21H22ClN3OS. The zero-order chi connectivity index (χ0) is 19.0. The Hall–Kier alpha value is -2.11. The lowest BCUT2D eigenvalue weighted by Crippen LogP contribution is -2.49. The fraction of sp³-hybridized carbons (Fsp3) is 0.333. The summed E-state index contributed by atoms with van der Waals surface area (Å²) in [7, 11) is 0. The molecule has 0 bridgehead atoms. The molecule has 0 saturated carbocycles. The average molecular weight is 400 g/mol. The van der Waals surface area contributed by atoms with Gasteiger partial charge < -0.3 is 9.80 Å². The maximum atomic E-state index is 12.6. The van der Waals surface area contributed by atoms with E-state index in [0.29, 0.717) is 11.4 Å². The van der Waals surface area contributed by atoms with Crippen molar-refractivity contribution in [1.29, 1.82) is 0 Å². The van der Waals surface area contributed by atoms with Crippen molar-refractivity contribution in [3.05, 3.63) is 58.1 Å². The standard InChI is InChI=1S/C21H22ClN3OS/c1-14-7-8-15(2)20-19(14)23-21(27-20)25-11-9-24(10-12-25)18(26)13-16-5-3-4-6-17(16)22/h3-8H,9-13H2,1-2H3. The molecule has 3 aromatic rings. The molecule has 27 heavy (non-hydrogen) atoms. The van der Waals surface area contributed by atoms with Gasteiger partial charge in [-0.2, -0.15) is 0 Å². The minimum Gasteiger partial charge on any atom is -0.345 e. The summed E-state index contributed by atoms with van der Waals surface area (Å²) in [6.45, 7) is 7.30. The predicted molar refractivity (Wildman–Crippen MR) is 113 cm³/mol. The molecule has 4 nitrogen and oxygen atoms in total. The van der Waals surface area contributed by atoms with Crippen molar-refractivity contribution < 1.29 is 4.79 Å². The van der Waals surface area contributed by atoms with Gasteiger partial charge in [0, 0.05) is 31.2 Å². The molecule has 1 aliphatic heterocycles. The number of benzene rings is 2. The Balaban J connectivity index is 1.43. The van der Waals surface area contributed by atoms with Crippen LogP contribution in [0.3, 0.4) is 0 Å². The third-order valence-electron chi connectivity index (χ3n) is 5.13. The first-order chi connectivity index (χ1) is 13.0. The van der Waals surface area contributed by atoms with E-state index in [4.69, 9.17) is 16.6 Å². The predicted octanol–water partition coefficient (Wildman–Crippen LogP) is 4.46. The summed E-state index contributed by atoms with van der Waals surface area (Å²) < 4.78 is 1.27. The molecule has 0 aliphatic carbocycles. The molecule has 1 aromatic heterocycles. The normalized spacial score (nSPS) is 14.8. The number of hydrogen-bond donors (Lipinski definition) is 0. The molecule has 2 aromatic carbocycles. The fourth-order valence-electron chi connectivity index (χ4n) is 3.45. The summed E-state index contributed by atoms with van der Waals surface area (Å²) in [6.07, 6.45) is 0.360. The summed E-state index contributed by atoms with van der Waals surface area (Å²) in [5.41, 5.74) is 4.48. The molecular weight excluding hydrogens is 378 g/mol. The van der Waals surface area contributed by atoms with Gasteiger partial charge >= 0.3 is 0 Å². The second-order valence-electron chi connectivity index (χ2n) is 7.01. The van der Waals surface area contributed by atoms with Crippen molar-refractivity contribution in [2.75, 3.05) is 31.1 Å². The molecule has 1 aliphatic rings. The Morgan fingerprint density at radius 2 is 1.78 bits per heavy atom. The average Bonchev–Trinajstić information content (AvgIpc) is 3.13. The minimum atomic E-state index is 0.138. The number of hydrogen-bond acceptors (Lipinski definition) is 4. The maximum Gasteiger partial charge on any atom is 0.227 e. The van der Waals surface area contributed by atoms with Gasteiger partial charge in [0.1, 0.15) is 0 Å². The van der Waals surface area contributed by atoms with Crippen LogP contribution in [0.15, 0.2) is 36.4 Å². The van der Waals surface area contributed by atoms with Crippen LogP contribution in [-0.4, -0.2) is 42.0 Å². The molecule has 140 valence electrons. The number of piperazine rings is 1. The van der Waals surface area contributed by atoms with E-state index < -0.39 is 0 Å². The van der Waals surface area contributed by atoms with Gasteiger partial charge in [0.25, 0.3) is 0 Å². The largest absolute Gasteiger partial charge is 0.345 e. The maximum absolute atomic E-state index is 12.6. The number of fused-ring (bicyclic) bond motifs is 1. The molecule has 1 fully saturated rings. The van der Waals surface area contributed by atoms with E-state index in [9.17, 15) is 4.79 Å². The first kappa shape index (κ1) is 18.3. The molecule has 0 atom stereocenters. The number of aromatic nitrogens is 1. The van der Waals surface area contributed by atoms with E-state index in [1.165, 1.54) is 15.8 Å². The third-order valence-corrected chi connectivity index (χ3v) is 6.75. The van der Waals surface area contributed by atoms with E-state index in [1.54, 1.807) is 11.3 Å². The summed E-state index contributed by atoms with van der Waals surface area (Å²) >= 11 is 7.94. The summed E-state index contributed by atoms with van der Waals surface area (Å²) in [5.74, 6) is 0.138. The molecule has 4 rings (SSSR count). The van der Waals surface area contributed by atoms with Crippen LogP contribution in [0.1, 0.15) is 16.7 Å². The number of carbonyl (C=O) groups is 1. The minimum absolute atomic E-state index is 0.138. The van der Waals surface area contributed by atoms with Gasteiger partial charge in [-0.3, -0.25) is 4.79 Å². The molecule has 0 spiro atoms. The smallest absolute Gasteiger partial charge is 0.227 e. The summed E-state index contributed by atoms with van der Waals surface area (Å²) in [4.78, 5) is 21.7. The lowest BCUT2D eigenvalue weighted by molar-refractivity contribution is -0.130. The lowest BCUT2D eigenvalue weighted by Gasteiger charge is -2.34. The van der Waals surface area contributed by atoms with Crippen LogP contribution in [0.25, 0.3) is 10.2 Å². The monoisotopic (exact) mass is 399 g/mol. The van der Waals surface area contributed by atoms with Crippen molar-refractivity contribution in [3.8, 4) is 0 Å². The highest BCUT2D eigenvalue weighted by Crippen LogP contribution is 2.33. The first-order valence-corrected chi connectivity index (χ1v) is 10.4. The van der Waals surface area contributed by atoms with Crippen LogP contribution < -0.4 is 4.90 Å². The quantitative estimate of drug-likeness (QED) is 0.652. The van der Waals surface area contributed by atoms with Gasteiger partial charge in [-0.15, -0.1) is 0 Å². The van der Waals surface area contributed by atoms with Crippen LogP contribution in [-0.2, 0) is 11.2 Å². The Bertz CT molecular complexity index is 953. The van der Waals surface area contributed by atoms with E-state index in [2.05, 4.69) is 30.9 Å². The Morgan fingerprint density at radius 1 is 1.07 bits per heavy atom. The summed E-state index contributed by atoms with van der Waals surface area (Å²) in [5, 5.41) is 1.71. The SMILES string of the molecule is Cc1ccc(C)c2sc(N3CCN(C(=O)Cc4ccccc4Cl)CC3)nc12. The summed E-state index contributed by atoms with van der Waals surface area (Å²) in [6, 6.07) is 11.8. The van der Waals surface area contributed by atoms with E-state index in [-0.39, 0.29) is 5.91 Å². The zero-order valence-corrected chi connectivity index (χ0v) is 17.1. The molecule has 0 radical (unpaired) electrons. The lowest BCUT2D eigenvalue weighted by atomic mass is 10.1. The second kappa shape index (κ2) is 7.49. The molecule has 1 amide bonds. The molecule has 0 N–H and O–H groups in total. The van der Waals surface area contributed by atoms with Crippen molar-refractivity contribution in [3.63, 3.8) is 0 Å². The van der Waals surface area contributed by atoms with Crippen molar-refractivity contribution in [1.82, 2.24) is 9.88 Å². The number of aryl methyl sites for hydroxylation is 2. The Kier molecular flexibility index (Phi) is 5.06. The highest BCUT2D eigenvalue weighted by atomic mass is 35.5. The highest BCUT2D eigenvalue weighted by Gasteiger charge is 2.24. The van der Waals surface area contributed by atoms with Crippen molar-refractivity contribution in [2.45, 2.75) is 20.3 Å². The number of rotatable bonds is 3.